The summed E-state index contributed by atoms with van der Waals surface area (Å²) in [5, 5.41) is 0. The van der Waals surface area contributed by atoms with Crippen molar-refractivity contribution in [2.75, 3.05) is 0 Å². The van der Waals surface area contributed by atoms with Crippen molar-refractivity contribution in [3.05, 3.63) is 0 Å². The van der Waals surface area contributed by atoms with Crippen LogP contribution in [0.1, 0.15) is 65.7 Å². The van der Waals surface area contributed by atoms with Gasteiger partial charge in [-0.05, 0) is 48.9 Å². The van der Waals surface area contributed by atoms with Crippen molar-refractivity contribution in [2.45, 2.75) is 65.7 Å². The average Bonchev–Trinajstić information content (AvgIpc) is 2.39. The molecular formula is C15H28. The Hall–Kier alpha value is 0. The highest BCUT2D eigenvalue weighted by Crippen LogP contribution is 2.46. The lowest BCUT2D eigenvalue weighted by molar-refractivity contribution is 0.189. The van der Waals surface area contributed by atoms with E-state index in [2.05, 4.69) is 20.8 Å². The van der Waals surface area contributed by atoms with Crippen molar-refractivity contribution < 1.29 is 0 Å². The highest BCUT2D eigenvalue weighted by atomic mass is 14.4. The second-order valence-electron chi connectivity index (χ2n) is 6.50. The van der Waals surface area contributed by atoms with E-state index < -0.39 is 0 Å². The Kier molecular flexibility index (Phi) is 3.74. The molecule has 2 rings (SSSR count). The monoisotopic (exact) mass is 208 g/mol. The lowest BCUT2D eigenvalue weighted by Crippen LogP contribution is -2.23. The van der Waals surface area contributed by atoms with Crippen molar-refractivity contribution >= 4 is 0 Å². The molecule has 5 atom stereocenters. The highest BCUT2D eigenvalue weighted by Gasteiger charge is 2.36. The topological polar surface area (TPSA) is 0 Å². The molecule has 2 saturated carbocycles. The van der Waals surface area contributed by atoms with E-state index in [1.807, 2.05) is 0 Å². The van der Waals surface area contributed by atoms with Gasteiger partial charge in [-0.1, -0.05) is 46.5 Å². The van der Waals surface area contributed by atoms with Gasteiger partial charge in [-0.3, -0.25) is 0 Å². The molecule has 5 unspecified atom stereocenters. The molecule has 2 aliphatic carbocycles. The molecule has 0 N–H and O–H groups in total. The van der Waals surface area contributed by atoms with Crippen LogP contribution in [-0.2, 0) is 0 Å². The maximum atomic E-state index is 2.52. The Morgan fingerprint density at radius 3 is 2.07 bits per heavy atom. The maximum Gasteiger partial charge on any atom is -0.0355 e. The van der Waals surface area contributed by atoms with Gasteiger partial charge in [0.1, 0.15) is 0 Å². The van der Waals surface area contributed by atoms with E-state index >= 15 is 0 Å². The van der Waals surface area contributed by atoms with Gasteiger partial charge >= 0.3 is 0 Å². The van der Waals surface area contributed by atoms with Crippen molar-refractivity contribution in [3.8, 4) is 0 Å². The highest BCUT2D eigenvalue weighted by molar-refractivity contribution is 4.86. The molecule has 0 amide bonds. The fraction of sp³-hybridized carbons (Fsp3) is 1.00. The molecule has 0 nitrogen and oxygen atoms in total. The zero-order valence-electron chi connectivity index (χ0n) is 10.8. The summed E-state index contributed by atoms with van der Waals surface area (Å²) in [4.78, 5) is 0. The van der Waals surface area contributed by atoms with Gasteiger partial charge < -0.3 is 0 Å². The van der Waals surface area contributed by atoms with Gasteiger partial charge in [0.25, 0.3) is 0 Å². The number of hydrogen-bond acceptors (Lipinski definition) is 0. The third-order valence-corrected chi connectivity index (χ3v) is 5.16. The summed E-state index contributed by atoms with van der Waals surface area (Å²) in [6.45, 7) is 7.48. The van der Waals surface area contributed by atoms with Crippen LogP contribution in [0.25, 0.3) is 0 Å². The summed E-state index contributed by atoms with van der Waals surface area (Å²) < 4.78 is 0. The third kappa shape index (κ3) is 2.57. The molecule has 0 saturated heterocycles. The molecule has 0 spiro atoms. The van der Waals surface area contributed by atoms with E-state index in [0.717, 1.165) is 29.6 Å². The van der Waals surface area contributed by atoms with Gasteiger partial charge in [0, 0.05) is 0 Å². The van der Waals surface area contributed by atoms with Gasteiger partial charge in [0.15, 0.2) is 0 Å². The van der Waals surface area contributed by atoms with Crippen LogP contribution >= 0.6 is 0 Å². The molecule has 2 fully saturated rings. The Labute approximate surface area is 95.8 Å². The smallest absolute Gasteiger partial charge is 0.0355 e. The van der Waals surface area contributed by atoms with Crippen molar-refractivity contribution in [3.63, 3.8) is 0 Å². The van der Waals surface area contributed by atoms with Gasteiger partial charge in [0.05, 0.1) is 0 Å². The van der Waals surface area contributed by atoms with E-state index in [1.165, 1.54) is 44.9 Å². The molecule has 15 heavy (non-hydrogen) atoms. The summed E-state index contributed by atoms with van der Waals surface area (Å²) in [6.07, 6.45) is 10.5. The average molecular weight is 208 g/mol. The first-order valence-electron chi connectivity index (χ1n) is 7.18. The Morgan fingerprint density at radius 2 is 1.40 bits per heavy atom. The van der Waals surface area contributed by atoms with Crippen LogP contribution in [0.3, 0.4) is 0 Å². The minimum absolute atomic E-state index is 1.00. The van der Waals surface area contributed by atoms with Gasteiger partial charge in [0.2, 0.25) is 0 Å². The second kappa shape index (κ2) is 4.89. The number of hydrogen-bond donors (Lipinski definition) is 0. The van der Waals surface area contributed by atoms with Gasteiger partial charge in [-0.25, -0.2) is 0 Å². The van der Waals surface area contributed by atoms with E-state index in [-0.39, 0.29) is 0 Å². The van der Waals surface area contributed by atoms with Crippen LogP contribution in [0.4, 0.5) is 0 Å². The Bertz CT molecular complexity index is 196. The van der Waals surface area contributed by atoms with Crippen LogP contribution in [0.5, 0.6) is 0 Å². The quantitative estimate of drug-likeness (QED) is 0.538. The van der Waals surface area contributed by atoms with E-state index in [4.69, 9.17) is 0 Å². The van der Waals surface area contributed by atoms with Crippen LogP contribution in [-0.4, -0.2) is 0 Å². The van der Waals surface area contributed by atoms with E-state index in [1.54, 1.807) is 0 Å². The second-order valence-corrected chi connectivity index (χ2v) is 6.50. The van der Waals surface area contributed by atoms with Crippen LogP contribution in [0.15, 0.2) is 0 Å². The Balaban J connectivity index is 2.00. The van der Waals surface area contributed by atoms with Gasteiger partial charge in [-0.2, -0.15) is 0 Å². The first-order valence-corrected chi connectivity index (χ1v) is 7.18. The minimum Gasteiger partial charge on any atom is -0.0625 e. The number of rotatable bonds is 1. The third-order valence-electron chi connectivity index (χ3n) is 5.16. The molecule has 0 bridgehead atoms. The van der Waals surface area contributed by atoms with Crippen molar-refractivity contribution in [1.29, 1.82) is 0 Å². The van der Waals surface area contributed by atoms with Crippen molar-refractivity contribution in [1.82, 2.24) is 0 Å². The summed E-state index contributed by atoms with van der Waals surface area (Å²) in [5.41, 5.74) is 0. The summed E-state index contributed by atoms with van der Waals surface area (Å²) >= 11 is 0. The molecule has 0 aliphatic heterocycles. The molecule has 0 heterocycles. The first-order chi connectivity index (χ1) is 7.18. The fourth-order valence-electron chi connectivity index (χ4n) is 4.36. The molecule has 0 aromatic rings. The normalized spacial score (nSPS) is 47.8. The molecule has 2 aliphatic rings. The summed E-state index contributed by atoms with van der Waals surface area (Å²) in [6, 6.07) is 0. The minimum atomic E-state index is 1.00. The van der Waals surface area contributed by atoms with E-state index in [9.17, 15) is 0 Å². The molecule has 0 aromatic carbocycles. The van der Waals surface area contributed by atoms with E-state index in [0.29, 0.717) is 0 Å². The van der Waals surface area contributed by atoms with Crippen molar-refractivity contribution in [2.24, 2.45) is 29.6 Å². The Morgan fingerprint density at radius 1 is 0.667 bits per heavy atom. The zero-order valence-corrected chi connectivity index (χ0v) is 10.8. The standard InChI is InChI=1S/C15H28/c1-11-9-13(3)15(10-11)14-8-6-4-5-7-12(14)2/h11-15H,4-10H2,1-3H3. The predicted molar refractivity (Wildman–Crippen MR) is 66.8 cm³/mol. The summed E-state index contributed by atoms with van der Waals surface area (Å²) in [5.74, 6) is 5.14. The molecule has 0 heteroatoms. The fourth-order valence-corrected chi connectivity index (χ4v) is 4.36. The molecule has 0 radical (unpaired) electrons. The molecule has 0 aromatic heterocycles. The lowest BCUT2D eigenvalue weighted by atomic mass is 9.75. The maximum absolute atomic E-state index is 2.52. The van der Waals surface area contributed by atoms with Crippen LogP contribution in [0, 0.1) is 29.6 Å². The first kappa shape index (κ1) is 11.5. The predicted octanol–water partition coefficient (Wildman–Crippen LogP) is 4.89. The van der Waals surface area contributed by atoms with Crippen LogP contribution < -0.4 is 0 Å². The zero-order chi connectivity index (χ0) is 10.8. The molecule has 88 valence electrons. The van der Waals surface area contributed by atoms with Gasteiger partial charge in [-0.15, -0.1) is 0 Å². The summed E-state index contributed by atoms with van der Waals surface area (Å²) in [7, 11) is 0. The van der Waals surface area contributed by atoms with Crippen LogP contribution in [0.2, 0.25) is 0 Å². The SMILES string of the molecule is CC1CC(C)C(C2CCCCCC2C)C1. The molecular weight excluding hydrogens is 180 g/mol. The largest absolute Gasteiger partial charge is 0.0625 e. The lowest BCUT2D eigenvalue weighted by Gasteiger charge is -2.30.